The van der Waals surface area contributed by atoms with Crippen LogP contribution in [0.25, 0.3) is 65.7 Å². The standard InChI is InChI=1S/C62H53N/c1-41-35-42(2)37-48(36-41)63(47-29-31-51-50-26-15-16-28-57(50)62(58(51)39-47)33-17-6-18-34-62)46-30-32-53-56(38-46)49-25-13-14-27-52(49)60-55(44-21-9-4-10-22-44)40-54(43-19-7-3-8-20-43)59(61(53)60)45-23-11-5-12-24-45/h3-5,7-9,11-14,16,19-21,23-25,27-32,35-40H,6,10,15,17-18,22,26,33-34H2,1-2H3. The summed E-state index contributed by atoms with van der Waals surface area (Å²) >= 11 is 0. The number of anilines is 3. The molecular weight excluding hydrogens is 759 g/mol. The highest BCUT2D eigenvalue weighted by atomic mass is 15.1. The molecule has 0 radical (unpaired) electrons. The average Bonchev–Trinajstić information content (AvgIpc) is 3.59. The molecule has 1 fully saturated rings. The third kappa shape index (κ3) is 6.19. The molecule has 0 amide bonds. The second kappa shape index (κ2) is 15.3. The lowest BCUT2D eigenvalue weighted by molar-refractivity contribution is 0.350. The summed E-state index contributed by atoms with van der Waals surface area (Å²) in [5, 5.41) is 7.84. The van der Waals surface area contributed by atoms with E-state index in [1.54, 1.807) is 16.7 Å². The lowest BCUT2D eigenvalue weighted by atomic mass is 9.66. The molecule has 1 heteroatoms. The van der Waals surface area contributed by atoms with Gasteiger partial charge in [0.15, 0.2) is 0 Å². The van der Waals surface area contributed by atoms with Crippen molar-refractivity contribution in [3.8, 4) is 22.3 Å². The van der Waals surface area contributed by atoms with Gasteiger partial charge in [0, 0.05) is 22.5 Å². The van der Waals surface area contributed by atoms with Gasteiger partial charge in [-0.3, -0.25) is 0 Å². The Hall–Kier alpha value is -6.70. The van der Waals surface area contributed by atoms with E-state index in [1.807, 2.05) is 0 Å². The van der Waals surface area contributed by atoms with Gasteiger partial charge in [-0.2, -0.15) is 0 Å². The molecule has 1 saturated carbocycles. The summed E-state index contributed by atoms with van der Waals surface area (Å²) in [5.41, 5.74) is 20.4. The number of allylic oxidation sites excluding steroid dienone is 8. The monoisotopic (exact) mass is 811 g/mol. The molecule has 0 aliphatic heterocycles. The predicted molar refractivity (Wildman–Crippen MR) is 270 cm³/mol. The van der Waals surface area contributed by atoms with Crippen LogP contribution in [0.1, 0.15) is 85.6 Å². The van der Waals surface area contributed by atoms with Crippen LogP contribution in [-0.4, -0.2) is 0 Å². The van der Waals surface area contributed by atoms with Crippen LogP contribution in [0.15, 0.2) is 182 Å². The Kier molecular flexibility index (Phi) is 9.22. The Bertz CT molecular complexity index is 3240. The van der Waals surface area contributed by atoms with Gasteiger partial charge in [0.25, 0.3) is 0 Å². The molecule has 63 heavy (non-hydrogen) atoms. The first-order valence-electron chi connectivity index (χ1n) is 23.4. The number of aryl methyl sites for hydroxylation is 2. The highest BCUT2D eigenvalue weighted by molar-refractivity contribution is 6.32. The van der Waals surface area contributed by atoms with Gasteiger partial charge in [0.2, 0.25) is 0 Å². The van der Waals surface area contributed by atoms with E-state index in [4.69, 9.17) is 0 Å². The zero-order chi connectivity index (χ0) is 42.1. The molecule has 4 aliphatic rings. The summed E-state index contributed by atoms with van der Waals surface area (Å²) in [6.07, 6.45) is 22.7. The van der Waals surface area contributed by atoms with E-state index in [-0.39, 0.29) is 5.41 Å². The molecule has 0 atom stereocenters. The minimum absolute atomic E-state index is 0.119. The number of fused-ring (bicyclic) bond motifs is 10. The van der Waals surface area contributed by atoms with E-state index in [1.165, 1.54) is 132 Å². The molecule has 12 rings (SSSR count). The van der Waals surface area contributed by atoms with Crippen LogP contribution < -0.4 is 4.90 Å². The van der Waals surface area contributed by atoms with Gasteiger partial charge in [-0.1, -0.05) is 153 Å². The topological polar surface area (TPSA) is 3.24 Å². The summed E-state index contributed by atoms with van der Waals surface area (Å²) in [4.78, 5) is 2.56. The minimum atomic E-state index is 0.119. The molecule has 4 aliphatic carbocycles. The van der Waals surface area contributed by atoms with Crippen LogP contribution in [0, 0.1) is 13.8 Å². The van der Waals surface area contributed by atoms with E-state index in [2.05, 4.69) is 195 Å². The normalized spacial score (nSPS) is 16.5. The van der Waals surface area contributed by atoms with Gasteiger partial charge in [0.1, 0.15) is 0 Å². The van der Waals surface area contributed by atoms with Crippen LogP contribution >= 0.6 is 0 Å². The van der Waals surface area contributed by atoms with Gasteiger partial charge in [-0.25, -0.2) is 0 Å². The third-order valence-electron chi connectivity index (χ3n) is 14.8. The van der Waals surface area contributed by atoms with E-state index in [9.17, 15) is 0 Å². The Balaban J connectivity index is 1.16. The van der Waals surface area contributed by atoms with Crippen LogP contribution in [0.4, 0.5) is 17.1 Å². The smallest absolute Gasteiger partial charge is 0.0468 e. The maximum atomic E-state index is 2.60. The fraction of sp³-hybridized carbons (Fsp3) is 0.194. The summed E-state index contributed by atoms with van der Waals surface area (Å²) in [6.45, 7) is 4.48. The molecule has 1 nitrogen and oxygen atoms in total. The number of rotatable bonds is 6. The Morgan fingerprint density at radius 3 is 1.94 bits per heavy atom. The first kappa shape index (κ1) is 38.0. The fourth-order valence-corrected chi connectivity index (χ4v) is 12.2. The summed E-state index contributed by atoms with van der Waals surface area (Å²) in [6, 6.07) is 55.8. The highest BCUT2D eigenvalue weighted by Crippen LogP contribution is 2.58. The molecule has 306 valence electrons. The van der Waals surface area contributed by atoms with Crippen molar-refractivity contribution in [1.29, 1.82) is 0 Å². The molecule has 0 unspecified atom stereocenters. The van der Waals surface area contributed by atoms with Crippen molar-refractivity contribution < 1.29 is 0 Å². The molecule has 1 spiro atoms. The Labute approximate surface area is 372 Å². The zero-order valence-electron chi connectivity index (χ0n) is 36.6. The van der Waals surface area contributed by atoms with E-state index in [0.717, 1.165) is 25.7 Å². The first-order chi connectivity index (χ1) is 31.1. The van der Waals surface area contributed by atoms with Gasteiger partial charge in [-0.15, -0.1) is 0 Å². The van der Waals surface area contributed by atoms with Crippen molar-refractivity contribution >= 4 is 60.5 Å². The van der Waals surface area contributed by atoms with Crippen molar-refractivity contribution in [2.24, 2.45) is 0 Å². The molecule has 0 bridgehead atoms. The predicted octanol–water partition coefficient (Wildman–Crippen LogP) is 17.6. The zero-order valence-corrected chi connectivity index (χ0v) is 36.6. The molecule has 8 aromatic carbocycles. The van der Waals surface area contributed by atoms with Crippen LogP contribution in [0.3, 0.4) is 0 Å². The molecule has 8 aromatic rings. The van der Waals surface area contributed by atoms with Gasteiger partial charge < -0.3 is 4.90 Å². The average molecular weight is 812 g/mol. The van der Waals surface area contributed by atoms with Gasteiger partial charge in [0.05, 0.1) is 0 Å². The fourth-order valence-electron chi connectivity index (χ4n) is 12.2. The third-order valence-corrected chi connectivity index (χ3v) is 14.8. The van der Waals surface area contributed by atoms with Crippen molar-refractivity contribution in [3.63, 3.8) is 0 Å². The maximum Gasteiger partial charge on any atom is 0.0468 e. The second-order valence-corrected chi connectivity index (χ2v) is 18.7. The van der Waals surface area contributed by atoms with Crippen molar-refractivity contribution in [2.75, 3.05) is 4.90 Å². The van der Waals surface area contributed by atoms with Crippen molar-refractivity contribution in [1.82, 2.24) is 0 Å². The highest BCUT2D eigenvalue weighted by Gasteiger charge is 2.45. The minimum Gasteiger partial charge on any atom is -0.310 e. The largest absolute Gasteiger partial charge is 0.310 e. The molecule has 0 N–H and O–H groups in total. The van der Waals surface area contributed by atoms with E-state index >= 15 is 0 Å². The number of hydrogen-bond acceptors (Lipinski definition) is 1. The quantitative estimate of drug-likeness (QED) is 0.151. The second-order valence-electron chi connectivity index (χ2n) is 18.7. The summed E-state index contributed by atoms with van der Waals surface area (Å²) in [7, 11) is 0. The number of nitrogens with zero attached hydrogens (tertiary/aromatic N) is 1. The van der Waals surface area contributed by atoms with Gasteiger partial charge >= 0.3 is 0 Å². The Morgan fingerprint density at radius 2 is 1.17 bits per heavy atom. The molecule has 0 aromatic heterocycles. The summed E-state index contributed by atoms with van der Waals surface area (Å²) in [5.74, 6) is 0. The lowest BCUT2D eigenvalue weighted by Gasteiger charge is -2.38. The molecular formula is C62H53N. The van der Waals surface area contributed by atoms with Crippen molar-refractivity contribution in [3.05, 3.63) is 209 Å². The van der Waals surface area contributed by atoms with Crippen molar-refractivity contribution in [2.45, 2.75) is 77.0 Å². The molecule has 0 saturated heterocycles. The van der Waals surface area contributed by atoms with Gasteiger partial charge in [-0.05, 0) is 194 Å². The van der Waals surface area contributed by atoms with E-state index in [0.29, 0.717) is 0 Å². The van der Waals surface area contributed by atoms with E-state index < -0.39 is 0 Å². The number of benzene rings is 8. The Morgan fingerprint density at radius 1 is 0.492 bits per heavy atom. The lowest BCUT2D eigenvalue weighted by Crippen LogP contribution is -2.29. The van der Waals surface area contributed by atoms with Crippen LogP contribution in [0.5, 0.6) is 0 Å². The molecule has 0 heterocycles. The SMILES string of the molecule is Cc1cc(C)cc(N(c2ccc3c(c2)C2(CCCCC2)C2=C3CCC=C2)c2ccc3c(c2)c2ccccc2c2c(C4=CC=CCC4)cc(-c4ccccc4)c(-c4ccccc4)c32)c1. The maximum absolute atomic E-state index is 2.60. The first-order valence-corrected chi connectivity index (χ1v) is 23.4. The van der Waals surface area contributed by atoms with Crippen LogP contribution in [0.2, 0.25) is 0 Å². The summed E-state index contributed by atoms with van der Waals surface area (Å²) < 4.78 is 0. The number of hydrogen-bond donors (Lipinski definition) is 0. The van der Waals surface area contributed by atoms with Crippen LogP contribution in [-0.2, 0) is 5.41 Å².